The highest BCUT2D eigenvalue weighted by molar-refractivity contribution is 8.18. The Bertz CT molecular complexity index is 941. The van der Waals surface area contributed by atoms with Gasteiger partial charge in [0.1, 0.15) is 0 Å². The van der Waals surface area contributed by atoms with Crippen molar-refractivity contribution < 1.29 is 4.79 Å². The number of amides is 1. The van der Waals surface area contributed by atoms with Gasteiger partial charge in [-0.25, -0.2) is 4.99 Å². The van der Waals surface area contributed by atoms with Gasteiger partial charge in [-0.05, 0) is 80.3 Å². The second-order valence-electron chi connectivity index (χ2n) is 7.41. The van der Waals surface area contributed by atoms with Crippen LogP contribution in [-0.4, -0.2) is 24.2 Å². The molecule has 0 aliphatic carbocycles. The number of amidine groups is 1. The normalized spacial score (nSPS) is 20.1. The van der Waals surface area contributed by atoms with Gasteiger partial charge in [-0.1, -0.05) is 29.8 Å². The lowest BCUT2D eigenvalue weighted by Gasteiger charge is -2.28. The van der Waals surface area contributed by atoms with Crippen LogP contribution in [0.2, 0.25) is 0 Å². The molecule has 0 aromatic heterocycles. The average Bonchev–Trinajstić information content (AvgIpc) is 3.04. The Balaban J connectivity index is 1.49. The van der Waals surface area contributed by atoms with Crippen molar-refractivity contribution >= 4 is 40.3 Å². The van der Waals surface area contributed by atoms with Gasteiger partial charge >= 0.3 is 0 Å². The number of rotatable bonds is 3. The highest BCUT2D eigenvalue weighted by Crippen LogP contribution is 2.30. The van der Waals surface area contributed by atoms with E-state index >= 15 is 0 Å². The fourth-order valence-electron chi connectivity index (χ4n) is 3.61. The van der Waals surface area contributed by atoms with E-state index in [1.165, 1.54) is 42.3 Å². The Morgan fingerprint density at radius 1 is 1.04 bits per heavy atom. The minimum absolute atomic E-state index is 0.0892. The molecule has 0 radical (unpaired) electrons. The van der Waals surface area contributed by atoms with Gasteiger partial charge < -0.3 is 10.2 Å². The summed E-state index contributed by atoms with van der Waals surface area (Å²) in [5, 5.41) is 3.51. The summed E-state index contributed by atoms with van der Waals surface area (Å²) in [6.45, 7) is 6.37. The van der Waals surface area contributed by atoms with E-state index in [9.17, 15) is 4.79 Å². The first-order chi connectivity index (χ1) is 13.6. The molecule has 2 saturated heterocycles. The van der Waals surface area contributed by atoms with Gasteiger partial charge in [0.05, 0.1) is 10.6 Å². The van der Waals surface area contributed by atoms with Crippen molar-refractivity contribution in [3.63, 3.8) is 0 Å². The van der Waals surface area contributed by atoms with E-state index in [2.05, 4.69) is 52.5 Å². The summed E-state index contributed by atoms with van der Waals surface area (Å²) in [5.41, 5.74) is 5.50. The van der Waals surface area contributed by atoms with Gasteiger partial charge in [0.15, 0.2) is 5.17 Å². The summed E-state index contributed by atoms with van der Waals surface area (Å²) in [4.78, 5) is 20.1. The summed E-state index contributed by atoms with van der Waals surface area (Å²) in [7, 11) is 0. The molecule has 2 aliphatic rings. The molecule has 0 bridgehead atoms. The van der Waals surface area contributed by atoms with Gasteiger partial charge in [0.25, 0.3) is 5.91 Å². The quantitative estimate of drug-likeness (QED) is 0.733. The fourth-order valence-corrected chi connectivity index (χ4v) is 4.44. The molecule has 2 aliphatic heterocycles. The zero-order chi connectivity index (χ0) is 19.5. The molecule has 4 nitrogen and oxygen atoms in total. The summed E-state index contributed by atoms with van der Waals surface area (Å²) in [5.74, 6) is -0.0892. The molecule has 2 aromatic rings. The van der Waals surface area contributed by atoms with Gasteiger partial charge in [-0.15, -0.1) is 0 Å². The minimum atomic E-state index is -0.0892. The molecular weight excluding hydrogens is 366 g/mol. The second-order valence-corrected chi connectivity index (χ2v) is 8.44. The van der Waals surface area contributed by atoms with Crippen LogP contribution in [0, 0.1) is 13.8 Å². The lowest BCUT2D eigenvalue weighted by atomic mass is 10.1. The zero-order valence-electron chi connectivity index (χ0n) is 16.4. The zero-order valence-corrected chi connectivity index (χ0v) is 17.2. The lowest BCUT2D eigenvalue weighted by Crippen LogP contribution is -2.29. The third kappa shape index (κ3) is 4.30. The Morgan fingerprint density at radius 3 is 2.50 bits per heavy atom. The predicted molar refractivity (Wildman–Crippen MR) is 119 cm³/mol. The van der Waals surface area contributed by atoms with E-state index in [0.717, 1.165) is 29.9 Å². The molecule has 1 N–H and O–H groups in total. The van der Waals surface area contributed by atoms with Crippen LogP contribution >= 0.6 is 11.8 Å². The topological polar surface area (TPSA) is 44.7 Å². The molecule has 144 valence electrons. The molecule has 2 fully saturated rings. The Kier molecular flexibility index (Phi) is 5.53. The average molecular weight is 392 g/mol. The minimum Gasteiger partial charge on any atom is -0.372 e. The summed E-state index contributed by atoms with van der Waals surface area (Å²) < 4.78 is 0. The number of hydrogen-bond donors (Lipinski definition) is 1. The molecule has 2 heterocycles. The number of piperidine rings is 1. The van der Waals surface area contributed by atoms with E-state index < -0.39 is 0 Å². The lowest BCUT2D eigenvalue weighted by molar-refractivity contribution is -0.115. The number of aliphatic imine (C=N–C) groups is 1. The maximum atomic E-state index is 12.3. The fraction of sp³-hybridized carbons (Fsp3) is 0.304. The predicted octanol–water partition coefficient (Wildman–Crippen LogP) is 5.19. The van der Waals surface area contributed by atoms with Crippen LogP contribution in [0.25, 0.3) is 6.08 Å². The van der Waals surface area contributed by atoms with Crippen molar-refractivity contribution in [3.8, 4) is 0 Å². The highest BCUT2D eigenvalue weighted by atomic mass is 32.2. The largest absolute Gasteiger partial charge is 0.372 e. The van der Waals surface area contributed by atoms with Crippen LogP contribution in [0.5, 0.6) is 0 Å². The van der Waals surface area contributed by atoms with Crippen LogP contribution in [-0.2, 0) is 4.79 Å². The number of anilines is 1. The van der Waals surface area contributed by atoms with Crippen LogP contribution in [0.1, 0.15) is 36.0 Å². The molecule has 5 heteroatoms. The first kappa shape index (κ1) is 18.8. The van der Waals surface area contributed by atoms with Gasteiger partial charge in [-0.2, -0.15) is 0 Å². The van der Waals surface area contributed by atoms with E-state index in [0.29, 0.717) is 10.1 Å². The van der Waals surface area contributed by atoms with E-state index in [4.69, 9.17) is 0 Å². The van der Waals surface area contributed by atoms with Gasteiger partial charge in [-0.3, -0.25) is 4.79 Å². The first-order valence-corrected chi connectivity index (χ1v) is 10.6. The monoisotopic (exact) mass is 391 g/mol. The highest BCUT2D eigenvalue weighted by Gasteiger charge is 2.24. The van der Waals surface area contributed by atoms with Crippen molar-refractivity contribution in [2.45, 2.75) is 33.1 Å². The maximum absolute atomic E-state index is 12.3. The van der Waals surface area contributed by atoms with Gasteiger partial charge in [0.2, 0.25) is 0 Å². The van der Waals surface area contributed by atoms with Crippen molar-refractivity contribution in [1.29, 1.82) is 0 Å². The van der Waals surface area contributed by atoms with Gasteiger partial charge in [0, 0.05) is 18.8 Å². The van der Waals surface area contributed by atoms with Crippen molar-refractivity contribution in [3.05, 3.63) is 64.1 Å². The molecule has 4 rings (SSSR count). The number of benzene rings is 2. The summed E-state index contributed by atoms with van der Waals surface area (Å²) in [6.07, 6.45) is 5.81. The Morgan fingerprint density at radius 2 is 1.79 bits per heavy atom. The molecule has 28 heavy (non-hydrogen) atoms. The molecule has 1 amide bonds. The molecule has 2 aromatic carbocycles. The SMILES string of the molecule is Cc1ccc(N=C2NC(=O)/C(=C/c3ccc(N4CCCCC4)cc3)S2)c(C)c1. The van der Waals surface area contributed by atoms with Crippen LogP contribution in [0.4, 0.5) is 11.4 Å². The smallest absolute Gasteiger partial charge is 0.264 e. The third-order valence-corrected chi connectivity index (χ3v) is 6.05. The van der Waals surface area contributed by atoms with E-state index in [1.54, 1.807) is 0 Å². The Labute approximate surface area is 170 Å². The number of carbonyl (C=O) groups is 1. The third-order valence-electron chi connectivity index (χ3n) is 5.14. The molecule has 0 saturated carbocycles. The van der Waals surface area contributed by atoms with Crippen LogP contribution in [0.15, 0.2) is 52.4 Å². The molecular formula is C23H25N3OS. The molecule has 0 unspecified atom stereocenters. The van der Waals surface area contributed by atoms with Crippen molar-refractivity contribution in [2.24, 2.45) is 4.99 Å². The molecule has 0 spiro atoms. The van der Waals surface area contributed by atoms with Crippen LogP contribution < -0.4 is 10.2 Å². The second kappa shape index (κ2) is 8.23. The van der Waals surface area contributed by atoms with Crippen molar-refractivity contribution in [1.82, 2.24) is 5.32 Å². The number of thioether (sulfide) groups is 1. The summed E-state index contributed by atoms with van der Waals surface area (Å²) >= 11 is 1.39. The first-order valence-electron chi connectivity index (χ1n) is 9.80. The van der Waals surface area contributed by atoms with E-state index in [-0.39, 0.29) is 5.91 Å². The standard InChI is InChI=1S/C23H25N3OS/c1-16-6-11-20(17(2)14-16)24-23-25-22(27)21(28-23)15-18-7-9-19(10-8-18)26-12-4-3-5-13-26/h6-11,14-15H,3-5,12-13H2,1-2H3,(H,24,25,27)/b21-15-. The maximum Gasteiger partial charge on any atom is 0.264 e. The van der Waals surface area contributed by atoms with Crippen molar-refractivity contribution in [2.75, 3.05) is 18.0 Å². The van der Waals surface area contributed by atoms with Crippen LogP contribution in [0.3, 0.4) is 0 Å². The number of carbonyl (C=O) groups excluding carboxylic acids is 1. The number of nitrogens with zero attached hydrogens (tertiary/aromatic N) is 2. The molecule has 0 atom stereocenters. The number of hydrogen-bond acceptors (Lipinski definition) is 4. The summed E-state index contributed by atoms with van der Waals surface area (Å²) in [6, 6.07) is 14.6. The van der Waals surface area contributed by atoms with E-state index in [1.807, 2.05) is 25.1 Å². The Hall–Kier alpha value is -2.53. The number of aryl methyl sites for hydroxylation is 2. The number of nitrogens with one attached hydrogen (secondary N) is 1.